The number of H-pyrrole nitrogens is 1. The number of anilines is 1. The van der Waals surface area contributed by atoms with Crippen molar-refractivity contribution in [1.82, 2.24) is 19.5 Å². The SMILES string of the molecule is COc1ccccc1-n1c(C)nc2nc(N3CCC(C)CC3)[nH]c(=O)c2c1=S. The van der Waals surface area contributed by atoms with Gasteiger partial charge in [0.1, 0.15) is 21.6 Å². The van der Waals surface area contributed by atoms with Crippen molar-refractivity contribution in [3.8, 4) is 11.4 Å². The van der Waals surface area contributed by atoms with Gasteiger partial charge in [0, 0.05) is 13.1 Å². The number of aromatic amines is 1. The molecule has 1 fully saturated rings. The third-order valence-corrected chi connectivity index (χ3v) is 5.69. The maximum atomic E-state index is 12.9. The zero-order chi connectivity index (χ0) is 19.8. The number of rotatable bonds is 3. The highest BCUT2D eigenvalue weighted by Crippen LogP contribution is 2.26. The average molecular weight is 398 g/mol. The summed E-state index contributed by atoms with van der Waals surface area (Å²) in [7, 11) is 1.60. The first-order chi connectivity index (χ1) is 13.5. The maximum Gasteiger partial charge on any atom is 0.264 e. The number of piperidine rings is 1. The molecular weight excluding hydrogens is 374 g/mol. The van der Waals surface area contributed by atoms with E-state index in [2.05, 4.69) is 26.8 Å². The van der Waals surface area contributed by atoms with Crippen LogP contribution in [0.4, 0.5) is 5.95 Å². The minimum atomic E-state index is -0.264. The molecule has 0 amide bonds. The lowest BCUT2D eigenvalue weighted by Gasteiger charge is -2.30. The van der Waals surface area contributed by atoms with Crippen molar-refractivity contribution in [1.29, 1.82) is 0 Å². The molecule has 0 unspecified atom stereocenters. The van der Waals surface area contributed by atoms with Crippen molar-refractivity contribution >= 4 is 29.2 Å². The van der Waals surface area contributed by atoms with Crippen LogP contribution in [0.1, 0.15) is 25.6 Å². The third-order valence-electron chi connectivity index (χ3n) is 5.31. The fourth-order valence-corrected chi connectivity index (χ4v) is 4.07. The Hall–Kier alpha value is -2.74. The molecule has 3 aromatic rings. The Morgan fingerprint density at radius 2 is 1.93 bits per heavy atom. The number of fused-ring (bicyclic) bond motifs is 1. The van der Waals surface area contributed by atoms with Crippen LogP contribution in [0.3, 0.4) is 0 Å². The second-order valence-corrected chi connectivity index (χ2v) is 7.62. The van der Waals surface area contributed by atoms with Crippen LogP contribution in [0.25, 0.3) is 16.7 Å². The Morgan fingerprint density at radius 3 is 2.64 bits per heavy atom. The summed E-state index contributed by atoms with van der Waals surface area (Å²) in [4.78, 5) is 27.2. The smallest absolute Gasteiger partial charge is 0.264 e. The summed E-state index contributed by atoms with van der Waals surface area (Å²) < 4.78 is 7.59. The summed E-state index contributed by atoms with van der Waals surface area (Å²) in [5, 5.41) is 0.320. The molecule has 0 saturated carbocycles. The Labute approximate surface area is 168 Å². The molecule has 0 atom stereocenters. The van der Waals surface area contributed by atoms with Gasteiger partial charge in [0.25, 0.3) is 5.56 Å². The van der Waals surface area contributed by atoms with E-state index in [-0.39, 0.29) is 5.56 Å². The van der Waals surface area contributed by atoms with Crippen molar-refractivity contribution < 1.29 is 4.74 Å². The van der Waals surface area contributed by atoms with E-state index in [1.54, 1.807) is 11.7 Å². The molecule has 7 nitrogen and oxygen atoms in total. The van der Waals surface area contributed by atoms with Crippen LogP contribution in [0.5, 0.6) is 5.75 Å². The molecule has 1 aliphatic heterocycles. The van der Waals surface area contributed by atoms with Gasteiger partial charge in [-0.15, -0.1) is 0 Å². The van der Waals surface area contributed by atoms with Gasteiger partial charge in [-0.1, -0.05) is 31.3 Å². The van der Waals surface area contributed by atoms with Gasteiger partial charge in [-0.25, -0.2) is 4.98 Å². The van der Waals surface area contributed by atoms with Gasteiger partial charge < -0.3 is 9.64 Å². The largest absolute Gasteiger partial charge is 0.495 e. The summed E-state index contributed by atoms with van der Waals surface area (Å²) >= 11 is 5.67. The maximum absolute atomic E-state index is 12.9. The first kappa shape index (κ1) is 18.6. The van der Waals surface area contributed by atoms with Gasteiger partial charge in [0.2, 0.25) is 5.95 Å². The molecule has 0 radical (unpaired) electrons. The third kappa shape index (κ3) is 3.17. The van der Waals surface area contributed by atoms with Crippen LogP contribution in [-0.4, -0.2) is 39.7 Å². The van der Waals surface area contributed by atoms with E-state index in [0.29, 0.717) is 39.1 Å². The first-order valence-corrected chi connectivity index (χ1v) is 9.82. The number of nitrogens with zero attached hydrogens (tertiary/aromatic N) is 4. The monoisotopic (exact) mass is 397 g/mol. The number of nitrogens with one attached hydrogen (secondary N) is 1. The summed E-state index contributed by atoms with van der Waals surface area (Å²) in [6, 6.07) is 7.52. The molecule has 1 N–H and O–H groups in total. The molecule has 1 saturated heterocycles. The number of para-hydroxylation sites is 2. The molecule has 28 heavy (non-hydrogen) atoms. The number of aryl methyl sites for hydroxylation is 1. The van der Waals surface area contributed by atoms with E-state index in [1.807, 2.05) is 31.2 Å². The van der Waals surface area contributed by atoms with Crippen LogP contribution in [0.2, 0.25) is 0 Å². The number of methoxy groups -OCH3 is 1. The molecule has 1 aliphatic rings. The Kier molecular flexibility index (Phi) is 4.89. The van der Waals surface area contributed by atoms with Crippen LogP contribution in [-0.2, 0) is 0 Å². The standard InChI is InChI=1S/C20H23N5O2S/c1-12-8-10-24(11-9-12)20-22-17-16(18(26)23-20)19(28)25(13(2)21-17)14-6-4-5-7-15(14)27-3/h4-7,12H,8-11H2,1-3H3,(H,22,23,26). The minimum absolute atomic E-state index is 0.264. The van der Waals surface area contributed by atoms with Crippen LogP contribution >= 0.6 is 12.2 Å². The number of aromatic nitrogens is 4. The summed E-state index contributed by atoms with van der Waals surface area (Å²) in [6.45, 7) is 5.86. The van der Waals surface area contributed by atoms with E-state index < -0.39 is 0 Å². The average Bonchev–Trinajstić information content (AvgIpc) is 2.68. The molecule has 146 valence electrons. The number of hydrogen-bond acceptors (Lipinski definition) is 6. The van der Waals surface area contributed by atoms with E-state index in [0.717, 1.165) is 31.6 Å². The summed E-state index contributed by atoms with van der Waals surface area (Å²) in [5.41, 5.74) is 0.862. The first-order valence-electron chi connectivity index (χ1n) is 9.41. The van der Waals surface area contributed by atoms with Gasteiger partial charge in [-0.05, 0) is 37.8 Å². The lowest BCUT2D eigenvalue weighted by Crippen LogP contribution is -2.35. The predicted octanol–water partition coefficient (Wildman–Crippen LogP) is 3.39. The highest BCUT2D eigenvalue weighted by molar-refractivity contribution is 7.71. The van der Waals surface area contributed by atoms with Crippen molar-refractivity contribution in [3.63, 3.8) is 0 Å². The topological polar surface area (TPSA) is 76.0 Å². The fraction of sp³-hybridized carbons (Fsp3) is 0.400. The van der Waals surface area contributed by atoms with Crippen LogP contribution in [0.15, 0.2) is 29.1 Å². The van der Waals surface area contributed by atoms with Crippen molar-refractivity contribution in [2.24, 2.45) is 5.92 Å². The van der Waals surface area contributed by atoms with Crippen molar-refractivity contribution in [3.05, 3.63) is 45.1 Å². The Balaban J connectivity index is 1.89. The van der Waals surface area contributed by atoms with Crippen molar-refractivity contribution in [2.75, 3.05) is 25.1 Å². The van der Waals surface area contributed by atoms with E-state index >= 15 is 0 Å². The van der Waals surface area contributed by atoms with Gasteiger partial charge in [-0.2, -0.15) is 4.98 Å². The minimum Gasteiger partial charge on any atom is -0.495 e. The van der Waals surface area contributed by atoms with E-state index in [4.69, 9.17) is 17.0 Å². The zero-order valence-corrected chi connectivity index (χ0v) is 17.0. The molecule has 2 aromatic heterocycles. The normalized spacial score (nSPS) is 15.2. The van der Waals surface area contributed by atoms with Gasteiger partial charge in [-0.3, -0.25) is 14.3 Å². The molecule has 3 heterocycles. The number of benzene rings is 1. The molecule has 1 aromatic carbocycles. The fourth-order valence-electron chi connectivity index (χ4n) is 3.65. The highest BCUT2D eigenvalue weighted by Gasteiger charge is 2.20. The van der Waals surface area contributed by atoms with Crippen LogP contribution < -0.4 is 15.2 Å². The quantitative estimate of drug-likeness (QED) is 0.683. The van der Waals surface area contributed by atoms with E-state index in [1.165, 1.54) is 0 Å². The predicted molar refractivity (Wildman–Crippen MR) is 112 cm³/mol. The molecule has 0 bridgehead atoms. The second-order valence-electron chi connectivity index (χ2n) is 7.23. The van der Waals surface area contributed by atoms with Crippen molar-refractivity contribution in [2.45, 2.75) is 26.7 Å². The van der Waals surface area contributed by atoms with Gasteiger partial charge in [0.15, 0.2) is 5.65 Å². The van der Waals surface area contributed by atoms with E-state index in [9.17, 15) is 4.79 Å². The lowest BCUT2D eigenvalue weighted by molar-refractivity contribution is 0.412. The Morgan fingerprint density at radius 1 is 1.21 bits per heavy atom. The molecule has 0 spiro atoms. The zero-order valence-electron chi connectivity index (χ0n) is 16.2. The molecule has 0 aliphatic carbocycles. The second kappa shape index (κ2) is 7.35. The van der Waals surface area contributed by atoms with Gasteiger partial charge in [0.05, 0.1) is 12.8 Å². The Bertz CT molecular complexity index is 1150. The number of ether oxygens (including phenoxy) is 1. The molecule has 4 rings (SSSR count). The van der Waals surface area contributed by atoms with Gasteiger partial charge >= 0.3 is 0 Å². The highest BCUT2D eigenvalue weighted by atomic mass is 32.1. The lowest BCUT2D eigenvalue weighted by atomic mass is 10.00. The molecule has 8 heteroatoms. The molecular formula is C20H23N5O2S. The summed E-state index contributed by atoms with van der Waals surface area (Å²) in [6.07, 6.45) is 2.17. The summed E-state index contributed by atoms with van der Waals surface area (Å²) in [5.74, 6) is 2.58. The van der Waals surface area contributed by atoms with Crippen LogP contribution in [0, 0.1) is 17.5 Å². The number of hydrogen-bond donors (Lipinski definition) is 1.